The van der Waals surface area contributed by atoms with Crippen molar-refractivity contribution in [3.05, 3.63) is 35.4 Å². The van der Waals surface area contributed by atoms with E-state index in [0.29, 0.717) is 5.82 Å². The van der Waals surface area contributed by atoms with E-state index in [1.807, 2.05) is 0 Å². The molecule has 1 aromatic carbocycles. The largest absolute Gasteiger partial charge is 0.399 e. The van der Waals surface area contributed by atoms with Gasteiger partial charge in [0, 0.05) is 11.3 Å². The Morgan fingerprint density at radius 2 is 2.28 bits per heavy atom. The molecule has 18 heavy (non-hydrogen) atoms. The Morgan fingerprint density at radius 1 is 1.50 bits per heavy atom. The van der Waals surface area contributed by atoms with Gasteiger partial charge in [0.05, 0.1) is 6.04 Å². The zero-order chi connectivity index (χ0) is 13.1. The average molecular weight is 250 g/mol. The molecule has 94 valence electrons. The van der Waals surface area contributed by atoms with Gasteiger partial charge in [-0.05, 0) is 25.1 Å². The summed E-state index contributed by atoms with van der Waals surface area (Å²) >= 11 is 0. The number of nitrogen functional groups attached to an aromatic ring is 1. The van der Waals surface area contributed by atoms with Crippen molar-refractivity contribution in [2.45, 2.75) is 13.0 Å². The van der Waals surface area contributed by atoms with Crippen LogP contribution in [0.5, 0.6) is 0 Å². The SMILES string of the molecule is CC(NC(=O)c1cc(N)cc(F)c1)c1nn[nH]n1. The van der Waals surface area contributed by atoms with Crippen molar-refractivity contribution >= 4 is 11.6 Å². The molecule has 1 unspecified atom stereocenters. The molecule has 1 aromatic heterocycles. The Balaban J connectivity index is 2.12. The Hall–Kier alpha value is -2.51. The highest BCUT2D eigenvalue weighted by Crippen LogP contribution is 2.12. The number of rotatable bonds is 3. The van der Waals surface area contributed by atoms with Crippen LogP contribution < -0.4 is 11.1 Å². The summed E-state index contributed by atoms with van der Waals surface area (Å²) < 4.78 is 13.1. The first-order chi connectivity index (χ1) is 8.56. The fraction of sp³-hybridized carbons (Fsp3) is 0.200. The molecule has 0 aliphatic carbocycles. The van der Waals surface area contributed by atoms with E-state index in [2.05, 4.69) is 25.9 Å². The van der Waals surface area contributed by atoms with Gasteiger partial charge in [-0.25, -0.2) is 4.39 Å². The lowest BCUT2D eigenvalue weighted by Gasteiger charge is -2.10. The molecule has 0 bridgehead atoms. The van der Waals surface area contributed by atoms with Crippen molar-refractivity contribution in [1.29, 1.82) is 0 Å². The first-order valence-corrected chi connectivity index (χ1v) is 5.16. The predicted molar refractivity (Wildman–Crippen MR) is 60.9 cm³/mol. The highest BCUT2D eigenvalue weighted by atomic mass is 19.1. The number of halogens is 1. The predicted octanol–water partition coefficient (Wildman–Crippen LogP) is 0.412. The molecule has 2 rings (SSSR count). The van der Waals surface area contributed by atoms with E-state index in [0.717, 1.165) is 12.1 Å². The third-order valence-corrected chi connectivity index (χ3v) is 2.28. The van der Waals surface area contributed by atoms with Crippen LogP contribution in [0.3, 0.4) is 0 Å². The van der Waals surface area contributed by atoms with Crippen molar-refractivity contribution in [1.82, 2.24) is 25.9 Å². The number of nitrogens with two attached hydrogens (primary N) is 1. The maximum atomic E-state index is 13.1. The molecule has 0 saturated heterocycles. The molecule has 0 aliphatic heterocycles. The topological polar surface area (TPSA) is 110 Å². The Bertz CT molecular complexity index is 535. The monoisotopic (exact) mass is 250 g/mol. The molecule has 0 radical (unpaired) electrons. The molecule has 2 aromatic rings. The standard InChI is InChI=1S/C10H11FN6O/c1-5(9-14-16-17-15-9)13-10(18)6-2-7(11)4-8(12)3-6/h2-5H,12H2,1H3,(H,13,18)(H,14,15,16,17). The molecule has 1 atom stereocenters. The summed E-state index contributed by atoms with van der Waals surface area (Å²) in [4.78, 5) is 11.8. The minimum Gasteiger partial charge on any atom is -0.399 e. The highest BCUT2D eigenvalue weighted by Gasteiger charge is 2.15. The number of benzene rings is 1. The number of carbonyl (C=O) groups excluding carboxylic acids is 1. The molecule has 8 heteroatoms. The molecule has 0 fully saturated rings. The number of carbonyl (C=O) groups is 1. The summed E-state index contributed by atoms with van der Waals surface area (Å²) in [5.74, 6) is -0.682. The summed E-state index contributed by atoms with van der Waals surface area (Å²) in [7, 11) is 0. The van der Waals surface area contributed by atoms with E-state index in [-0.39, 0.29) is 11.3 Å². The molecule has 4 N–H and O–H groups in total. The second kappa shape index (κ2) is 4.78. The van der Waals surface area contributed by atoms with Crippen LogP contribution in [0.2, 0.25) is 0 Å². The number of tetrazole rings is 1. The first-order valence-electron chi connectivity index (χ1n) is 5.16. The van der Waals surface area contributed by atoms with Crippen LogP contribution in [-0.2, 0) is 0 Å². The zero-order valence-corrected chi connectivity index (χ0v) is 9.51. The van der Waals surface area contributed by atoms with Crippen molar-refractivity contribution in [2.24, 2.45) is 0 Å². The van der Waals surface area contributed by atoms with E-state index < -0.39 is 17.8 Å². The van der Waals surface area contributed by atoms with Crippen LogP contribution in [0.4, 0.5) is 10.1 Å². The van der Waals surface area contributed by atoms with E-state index in [1.165, 1.54) is 6.07 Å². The van der Waals surface area contributed by atoms with Crippen LogP contribution in [-0.4, -0.2) is 26.5 Å². The average Bonchev–Trinajstić information content (AvgIpc) is 2.80. The summed E-state index contributed by atoms with van der Waals surface area (Å²) in [5, 5.41) is 15.7. The number of aromatic nitrogens is 4. The number of H-pyrrole nitrogens is 1. The van der Waals surface area contributed by atoms with Gasteiger partial charge in [-0.15, -0.1) is 10.2 Å². The van der Waals surface area contributed by atoms with Gasteiger partial charge < -0.3 is 11.1 Å². The van der Waals surface area contributed by atoms with Crippen LogP contribution in [0.1, 0.15) is 29.1 Å². The minimum atomic E-state index is -0.563. The van der Waals surface area contributed by atoms with Gasteiger partial charge in [0.1, 0.15) is 5.82 Å². The smallest absolute Gasteiger partial charge is 0.252 e. The fourth-order valence-corrected chi connectivity index (χ4v) is 1.44. The Morgan fingerprint density at radius 3 is 2.89 bits per heavy atom. The lowest BCUT2D eigenvalue weighted by Crippen LogP contribution is -2.27. The highest BCUT2D eigenvalue weighted by molar-refractivity contribution is 5.95. The summed E-state index contributed by atoms with van der Waals surface area (Å²) in [6.07, 6.45) is 0. The maximum absolute atomic E-state index is 13.1. The number of hydrogen-bond donors (Lipinski definition) is 3. The molecular formula is C10H11FN6O. The molecule has 7 nitrogen and oxygen atoms in total. The molecular weight excluding hydrogens is 239 g/mol. The van der Waals surface area contributed by atoms with E-state index in [1.54, 1.807) is 6.92 Å². The fourth-order valence-electron chi connectivity index (χ4n) is 1.44. The summed E-state index contributed by atoms with van der Waals surface area (Å²) in [6, 6.07) is 3.19. The third kappa shape index (κ3) is 2.59. The van der Waals surface area contributed by atoms with Crippen molar-refractivity contribution in [3.8, 4) is 0 Å². The Labute approximate surface area is 102 Å². The van der Waals surface area contributed by atoms with Gasteiger partial charge >= 0.3 is 0 Å². The van der Waals surface area contributed by atoms with Gasteiger partial charge in [0.2, 0.25) is 0 Å². The van der Waals surface area contributed by atoms with Gasteiger partial charge in [0.15, 0.2) is 5.82 Å². The molecule has 0 saturated carbocycles. The van der Waals surface area contributed by atoms with Crippen LogP contribution >= 0.6 is 0 Å². The molecule has 1 heterocycles. The number of anilines is 1. The van der Waals surface area contributed by atoms with Crippen LogP contribution in [0.25, 0.3) is 0 Å². The molecule has 0 spiro atoms. The normalized spacial score (nSPS) is 12.1. The lowest BCUT2D eigenvalue weighted by molar-refractivity contribution is 0.0938. The number of nitrogens with one attached hydrogen (secondary N) is 2. The quantitative estimate of drug-likeness (QED) is 0.683. The number of amides is 1. The van der Waals surface area contributed by atoms with Gasteiger partial charge in [0.25, 0.3) is 5.91 Å². The van der Waals surface area contributed by atoms with Crippen LogP contribution in [0.15, 0.2) is 18.2 Å². The van der Waals surface area contributed by atoms with Crippen molar-refractivity contribution < 1.29 is 9.18 Å². The molecule has 1 amide bonds. The maximum Gasteiger partial charge on any atom is 0.252 e. The van der Waals surface area contributed by atoms with Crippen molar-refractivity contribution in [2.75, 3.05) is 5.73 Å². The van der Waals surface area contributed by atoms with Gasteiger partial charge in [-0.3, -0.25) is 4.79 Å². The molecule has 0 aliphatic rings. The van der Waals surface area contributed by atoms with Gasteiger partial charge in [-0.1, -0.05) is 5.21 Å². The Kier molecular flexibility index (Phi) is 3.18. The zero-order valence-electron chi connectivity index (χ0n) is 9.51. The number of aromatic amines is 1. The number of nitrogens with zero attached hydrogens (tertiary/aromatic N) is 3. The van der Waals surface area contributed by atoms with E-state index >= 15 is 0 Å². The summed E-state index contributed by atoms with van der Waals surface area (Å²) in [6.45, 7) is 1.69. The first kappa shape index (κ1) is 12.0. The minimum absolute atomic E-state index is 0.142. The lowest BCUT2D eigenvalue weighted by atomic mass is 10.1. The van der Waals surface area contributed by atoms with Gasteiger partial charge in [-0.2, -0.15) is 5.21 Å². The second-order valence-electron chi connectivity index (χ2n) is 3.74. The third-order valence-electron chi connectivity index (χ3n) is 2.28. The van der Waals surface area contributed by atoms with E-state index in [4.69, 9.17) is 5.73 Å². The summed E-state index contributed by atoms with van der Waals surface area (Å²) in [5.41, 5.74) is 5.79. The van der Waals surface area contributed by atoms with Crippen LogP contribution in [0, 0.1) is 5.82 Å². The van der Waals surface area contributed by atoms with Crippen molar-refractivity contribution in [3.63, 3.8) is 0 Å². The second-order valence-corrected chi connectivity index (χ2v) is 3.74. The number of hydrogen-bond acceptors (Lipinski definition) is 5. The van der Waals surface area contributed by atoms with E-state index in [9.17, 15) is 9.18 Å².